The highest BCUT2D eigenvalue weighted by Gasteiger charge is 2.56. The summed E-state index contributed by atoms with van der Waals surface area (Å²) in [6.07, 6.45) is 0.688. The molecule has 0 aromatic heterocycles. The lowest BCUT2D eigenvalue weighted by Gasteiger charge is -2.36. The third-order valence-electron chi connectivity index (χ3n) is 6.48. The molecule has 206 valence electrons. The fourth-order valence-electron chi connectivity index (χ4n) is 4.35. The van der Waals surface area contributed by atoms with Crippen molar-refractivity contribution in [3.8, 4) is 5.75 Å². The number of ether oxygens (including phenoxy) is 3. The number of rotatable bonds is 9. The Balaban J connectivity index is 2.10. The van der Waals surface area contributed by atoms with Gasteiger partial charge in [-0.25, -0.2) is 9.59 Å². The summed E-state index contributed by atoms with van der Waals surface area (Å²) in [5.74, 6) is 0.0792. The summed E-state index contributed by atoms with van der Waals surface area (Å²) in [5.41, 5.74) is 0.0860. The topological polar surface area (TPSA) is 99.2 Å². The maximum Gasteiger partial charge on any atom is 0.524 e. The number of hydrogen-bond donors (Lipinski definition) is 0. The van der Waals surface area contributed by atoms with E-state index in [0.29, 0.717) is 18.7 Å². The van der Waals surface area contributed by atoms with Crippen molar-refractivity contribution in [2.24, 2.45) is 5.92 Å². The Morgan fingerprint density at radius 2 is 1.81 bits per heavy atom. The first kappa shape index (κ1) is 30.6. The van der Waals surface area contributed by atoms with E-state index in [1.54, 1.807) is 47.1 Å². The normalized spacial score (nSPS) is 20.1. The first-order chi connectivity index (χ1) is 17.3. The van der Waals surface area contributed by atoms with Crippen molar-refractivity contribution in [3.63, 3.8) is 0 Å². The third kappa shape index (κ3) is 8.46. The summed E-state index contributed by atoms with van der Waals surface area (Å²) in [6.45, 7) is 9.39. The molecule has 1 aliphatic rings. The number of nitrogens with zero attached hydrogens (tertiary/aromatic N) is 2. The minimum absolute atomic E-state index is 0.103. The van der Waals surface area contributed by atoms with E-state index in [-0.39, 0.29) is 40.5 Å². The van der Waals surface area contributed by atoms with Gasteiger partial charge in [0.1, 0.15) is 24.0 Å². The molecule has 1 aromatic carbocycles. The lowest BCUT2D eigenvalue weighted by Crippen LogP contribution is -2.62. The van der Waals surface area contributed by atoms with Gasteiger partial charge in [-0.15, -0.1) is 0 Å². The number of carbonyl (C=O) groups is 4. The van der Waals surface area contributed by atoms with Crippen molar-refractivity contribution in [3.05, 3.63) is 29.8 Å². The number of imide groups is 1. The average Bonchev–Trinajstić information content (AvgIpc) is 3.23. The van der Waals surface area contributed by atoms with Gasteiger partial charge in [0.2, 0.25) is 0 Å². The van der Waals surface area contributed by atoms with Gasteiger partial charge in [0.15, 0.2) is 5.12 Å². The van der Waals surface area contributed by atoms with Gasteiger partial charge in [0, 0.05) is 39.1 Å². The number of quaternary nitrogens is 1. The lowest BCUT2D eigenvalue weighted by molar-refractivity contribution is -0.795. The Kier molecular flexibility index (Phi) is 11.0. The van der Waals surface area contributed by atoms with E-state index in [1.807, 2.05) is 19.1 Å². The number of carbonyl (C=O) groups excluding carboxylic acids is 4. The molecule has 0 bridgehead atoms. The zero-order valence-corrected chi connectivity index (χ0v) is 23.9. The second-order valence-corrected chi connectivity index (χ2v) is 11.7. The Morgan fingerprint density at radius 3 is 2.32 bits per heavy atom. The molecule has 9 nitrogen and oxygen atoms in total. The summed E-state index contributed by atoms with van der Waals surface area (Å²) < 4.78 is 15.8. The number of benzene rings is 1. The molecule has 2 rings (SSSR count). The first-order valence-corrected chi connectivity index (χ1v) is 13.6. The van der Waals surface area contributed by atoms with Crippen LogP contribution in [0, 0.1) is 5.92 Å². The molecule has 0 spiro atoms. The van der Waals surface area contributed by atoms with E-state index in [0.717, 1.165) is 30.2 Å². The molecule has 0 saturated carbocycles. The highest BCUT2D eigenvalue weighted by atomic mass is 32.2. The van der Waals surface area contributed by atoms with Crippen molar-refractivity contribution >= 4 is 35.0 Å². The van der Waals surface area contributed by atoms with Crippen LogP contribution in [0.3, 0.4) is 0 Å². The molecule has 37 heavy (non-hydrogen) atoms. The van der Waals surface area contributed by atoms with Crippen LogP contribution in [-0.4, -0.2) is 77.2 Å². The molecule has 2 unspecified atom stereocenters. The number of thioether (sulfide) groups is 1. The van der Waals surface area contributed by atoms with Crippen LogP contribution >= 0.6 is 11.8 Å². The molecule has 1 aromatic rings. The average molecular weight is 538 g/mol. The van der Waals surface area contributed by atoms with Crippen LogP contribution in [0.2, 0.25) is 0 Å². The quantitative estimate of drug-likeness (QED) is 0.406. The fourth-order valence-corrected chi connectivity index (χ4v) is 5.09. The SMILES string of the molecule is COc1ccc(COC(=O)N(C)CCC(CSC(C)=O)C(=O)[N+]2(C(=O)OC(C)(C)C)CCC[C@H]2C)cc1. The predicted octanol–water partition coefficient (Wildman–Crippen LogP) is 5.01. The Bertz CT molecular complexity index is 960. The number of hydrogen-bond acceptors (Lipinski definition) is 8. The molecule has 1 saturated heterocycles. The van der Waals surface area contributed by atoms with E-state index in [2.05, 4.69) is 0 Å². The third-order valence-corrected chi connectivity index (χ3v) is 7.46. The van der Waals surface area contributed by atoms with Crippen molar-refractivity contribution in [2.75, 3.05) is 33.0 Å². The molecule has 1 heterocycles. The molecule has 0 aliphatic carbocycles. The van der Waals surface area contributed by atoms with Crippen LogP contribution in [0.5, 0.6) is 5.75 Å². The zero-order chi connectivity index (χ0) is 27.8. The van der Waals surface area contributed by atoms with E-state index in [4.69, 9.17) is 14.2 Å². The summed E-state index contributed by atoms with van der Waals surface area (Å²) in [4.78, 5) is 53.0. The van der Waals surface area contributed by atoms with E-state index < -0.39 is 23.7 Å². The summed E-state index contributed by atoms with van der Waals surface area (Å²) in [7, 11) is 3.19. The summed E-state index contributed by atoms with van der Waals surface area (Å²) in [5, 5.41) is -0.108. The van der Waals surface area contributed by atoms with Crippen molar-refractivity contribution < 1.29 is 37.9 Å². The number of amides is 3. The van der Waals surface area contributed by atoms with Crippen molar-refractivity contribution in [1.29, 1.82) is 0 Å². The second-order valence-electron chi connectivity index (χ2n) is 10.5. The Labute approximate surface area is 224 Å². The standard InChI is InChI=1S/C27H41N2O7S/c1-19-9-8-16-29(19,26(33)36-27(3,4)5)24(31)22(18-37-20(2)30)14-15-28(6)25(32)35-17-21-10-12-23(34-7)13-11-21/h10-13,19,22H,8-9,14-18H2,1-7H3/q+1/t19-,22?,29?/m1/s1. The number of methoxy groups -OCH3 is 1. The summed E-state index contributed by atoms with van der Waals surface area (Å²) >= 11 is 1.06. The maximum absolute atomic E-state index is 14.0. The van der Waals surface area contributed by atoms with Crippen LogP contribution in [-0.2, 0) is 25.7 Å². The maximum atomic E-state index is 14.0. The van der Waals surface area contributed by atoms with Gasteiger partial charge in [0.05, 0.1) is 19.6 Å². The molecule has 10 heteroatoms. The molecule has 0 N–H and O–H groups in total. The molecule has 3 atom stereocenters. The number of likely N-dealkylation sites (tertiary alicyclic amines) is 1. The van der Waals surface area contributed by atoms with Crippen molar-refractivity contribution in [1.82, 2.24) is 4.90 Å². The van der Waals surface area contributed by atoms with Crippen LogP contribution in [0.4, 0.5) is 9.59 Å². The van der Waals surface area contributed by atoms with Crippen LogP contribution < -0.4 is 4.74 Å². The summed E-state index contributed by atoms with van der Waals surface area (Å²) in [6, 6.07) is 6.99. The molecule has 0 radical (unpaired) electrons. The molecular weight excluding hydrogens is 496 g/mol. The second kappa shape index (κ2) is 13.3. The lowest BCUT2D eigenvalue weighted by atomic mass is 10.0. The van der Waals surface area contributed by atoms with Crippen molar-refractivity contribution in [2.45, 2.75) is 72.1 Å². The van der Waals surface area contributed by atoms with E-state index in [9.17, 15) is 19.2 Å². The van der Waals surface area contributed by atoms with Crippen LogP contribution in [0.25, 0.3) is 0 Å². The van der Waals surface area contributed by atoms with Gasteiger partial charge in [-0.05, 0) is 51.8 Å². The fraction of sp³-hybridized carbons (Fsp3) is 0.630. The first-order valence-electron chi connectivity index (χ1n) is 12.6. The largest absolute Gasteiger partial charge is 0.524 e. The van der Waals surface area contributed by atoms with Gasteiger partial charge in [-0.2, -0.15) is 9.28 Å². The van der Waals surface area contributed by atoms with E-state index in [1.165, 1.54) is 11.8 Å². The smallest absolute Gasteiger partial charge is 0.497 e. The van der Waals surface area contributed by atoms with Gasteiger partial charge in [0.25, 0.3) is 0 Å². The monoisotopic (exact) mass is 537 g/mol. The minimum Gasteiger partial charge on any atom is -0.497 e. The Morgan fingerprint density at radius 1 is 1.16 bits per heavy atom. The van der Waals surface area contributed by atoms with Crippen LogP contribution in [0.1, 0.15) is 59.4 Å². The minimum atomic E-state index is -0.734. The van der Waals surface area contributed by atoms with E-state index >= 15 is 0 Å². The molecule has 1 aliphatic heterocycles. The van der Waals surface area contributed by atoms with Gasteiger partial charge < -0.3 is 19.1 Å². The van der Waals surface area contributed by atoms with Gasteiger partial charge in [-0.3, -0.25) is 4.79 Å². The molecule has 1 fully saturated rings. The van der Waals surface area contributed by atoms with Gasteiger partial charge in [-0.1, -0.05) is 23.9 Å². The highest BCUT2D eigenvalue weighted by molar-refractivity contribution is 8.13. The molecule has 3 amide bonds. The predicted molar refractivity (Wildman–Crippen MR) is 142 cm³/mol. The molecular formula is C27H41N2O7S+. The highest BCUT2D eigenvalue weighted by Crippen LogP contribution is 2.34. The van der Waals surface area contributed by atoms with Crippen LogP contribution in [0.15, 0.2) is 24.3 Å². The Hall–Kier alpha value is -2.59. The van der Waals surface area contributed by atoms with Gasteiger partial charge >= 0.3 is 18.1 Å². The zero-order valence-electron chi connectivity index (χ0n) is 23.1.